The number of carbonyl (C=O) groups excluding carboxylic acids is 3. The summed E-state index contributed by atoms with van der Waals surface area (Å²) in [4.78, 5) is 40.2. The number of benzene rings is 2. The van der Waals surface area contributed by atoms with Crippen LogP contribution < -0.4 is 15.1 Å². The lowest BCUT2D eigenvalue weighted by Gasteiger charge is -2.18. The molecule has 0 saturated carbocycles. The van der Waals surface area contributed by atoms with Crippen molar-refractivity contribution in [2.75, 3.05) is 28.2 Å². The molecule has 0 aliphatic carbocycles. The Balaban J connectivity index is 1.45. The minimum atomic E-state index is -0.524. The van der Waals surface area contributed by atoms with Crippen molar-refractivity contribution in [3.8, 4) is 0 Å². The van der Waals surface area contributed by atoms with E-state index in [2.05, 4.69) is 5.32 Å². The van der Waals surface area contributed by atoms with Crippen LogP contribution in [0.4, 0.5) is 21.5 Å². The number of amides is 3. The molecule has 29 heavy (non-hydrogen) atoms. The summed E-state index contributed by atoms with van der Waals surface area (Å²) in [6.45, 7) is 2.54. The van der Waals surface area contributed by atoms with E-state index >= 15 is 0 Å². The Morgan fingerprint density at radius 2 is 1.86 bits per heavy atom. The fraction of sp³-hybridized carbons (Fsp3) is 0.318. The van der Waals surface area contributed by atoms with Crippen LogP contribution in [0.25, 0.3) is 0 Å². The van der Waals surface area contributed by atoms with Gasteiger partial charge >= 0.3 is 0 Å². The molecule has 0 radical (unpaired) electrons. The Morgan fingerprint density at radius 3 is 2.59 bits per heavy atom. The maximum absolute atomic E-state index is 13.9. The van der Waals surface area contributed by atoms with Gasteiger partial charge in [-0.2, -0.15) is 0 Å². The fourth-order valence-electron chi connectivity index (χ4n) is 3.80. The monoisotopic (exact) mass is 395 g/mol. The highest BCUT2D eigenvalue weighted by atomic mass is 19.1. The SMILES string of the molecule is Cc1ccc(N2CC(C(=O)Nc3cccc(N4CCCC4=O)c3)CC2=O)cc1F. The first kappa shape index (κ1) is 19.1. The summed E-state index contributed by atoms with van der Waals surface area (Å²) in [5.41, 5.74) is 2.30. The van der Waals surface area contributed by atoms with Crippen LogP contribution in [0.15, 0.2) is 42.5 Å². The topological polar surface area (TPSA) is 69.7 Å². The second kappa shape index (κ2) is 7.66. The van der Waals surface area contributed by atoms with Crippen molar-refractivity contribution < 1.29 is 18.8 Å². The molecule has 2 aliphatic rings. The summed E-state index contributed by atoms with van der Waals surface area (Å²) in [6, 6.07) is 11.8. The molecular weight excluding hydrogens is 373 g/mol. The Bertz CT molecular complexity index is 991. The molecule has 2 heterocycles. The molecule has 0 bridgehead atoms. The van der Waals surface area contributed by atoms with E-state index in [0.29, 0.717) is 29.9 Å². The predicted molar refractivity (Wildman–Crippen MR) is 108 cm³/mol. The summed E-state index contributed by atoms with van der Waals surface area (Å²) in [5, 5.41) is 2.85. The minimum absolute atomic E-state index is 0.0750. The third kappa shape index (κ3) is 3.85. The number of aryl methyl sites for hydroxylation is 1. The van der Waals surface area contributed by atoms with E-state index < -0.39 is 5.92 Å². The first-order chi connectivity index (χ1) is 13.9. The molecule has 2 aromatic rings. The van der Waals surface area contributed by atoms with Crippen molar-refractivity contribution >= 4 is 34.8 Å². The van der Waals surface area contributed by atoms with Crippen molar-refractivity contribution in [2.24, 2.45) is 5.92 Å². The third-order valence-electron chi connectivity index (χ3n) is 5.46. The van der Waals surface area contributed by atoms with Crippen molar-refractivity contribution in [2.45, 2.75) is 26.2 Å². The molecule has 7 heteroatoms. The molecule has 6 nitrogen and oxygen atoms in total. The molecule has 1 unspecified atom stereocenters. The van der Waals surface area contributed by atoms with Crippen LogP contribution in [0.5, 0.6) is 0 Å². The number of anilines is 3. The van der Waals surface area contributed by atoms with Gasteiger partial charge in [0.1, 0.15) is 5.82 Å². The molecule has 2 aromatic carbocycles. The van der Waals surface area contributed by atoms with Crippen LogP contribution in [0.1, 0.15) is 24.8 Å². The van der Waals surface area contributed by atoms with Gasteiger partial charge in [-0.1, -0.05) is 12.1 Å². The van der Waals surface area contributed by atoms with Crippen LogP contribution in [-0.4, -0.2) is 30.8 Å². The van der Waals surface area contributed by atoms with Crippen LogP contribution in [0.2, 0.25) is 0 Å². The number of hydrogen-bond acceptors (Lipinski definition) is 3. The zero-order chi connectivity index (χ0) is 20.5. The molecule has 2 saturated heterocycles. The Labute approximate surface area is 168 Å². The number of hydrogen-bond donors (Lipinski definition) is 1. The molecule has 2 fully saturated rings. The van der Waals surface area contributed by atoms with E-state index in [0.717, 1.165) is 12.1 Å². The maximum atomic E-state index is 13.9. The summed E-state index contributed by atoms with van der Waals surface area (Å²) in [7, 11) is 0. The lowest BCUT2D eigenvalue weighted by atomic mass is 10.1. The van der Waals surface area contributed by atoms with Crippen molar-refractivity contribution in [3.05, 3.63) is 53.8 Å². The largest absolute Gasteiger partial charge is 0.326 e. The Hall–Kier alpha value is -3.22. The minimum Gasteiger partial charge on any atom is -0.326 e. The predicted octanol–water partition coefficient (Wildman–Crippen LogP) is 3.25. The van der Waals surface area contributed by atoms with E-state index in [1.54, 1.807) is 42.2 Å². The average molecular weight is 395 g/mol. The Kier molecular flexibility index (Phi) is 5.05. The molecule has 1 N–H and O–H groups in total. The van der Waals surface area contributed by atoms with Gasteiger partial charge in [0.15, 0.2) is 0 Å². The number of carbonyl (C=O) groups is 3. The quantitative estimate of drug-likeness (QED) is 0.864. The number of rotatable bonds is 4. The second-order valence-electron chi connectivity index (χ2n) is 7.53. The van der Waals surface area contributed by atoms with Crippen molar-refractivity contribution in [1.29, 1.82) is 0 Å². The van der Waals surface area contributed by atoms with Crippen LogP contribution in [0, 0.1) is 18.7 Å². The summed E-state index contributed by atoms with van der Waals surface area (Å²) < 4.78 is 13.9. The molecule has 4 rings (SSSR count). The summed E-state index contributed by atoms with van der Waals surface area (Å²) in [5.74, 6) is -1.29. The van der Waals surface area contributed by atoms with Gasteiger partial charge in [-0.05, 0) is 49.2 Å². The smallest absolute Gasteiger partial charge is 0.229 e. The molecule has 1 atom stereocenters. The zero-order valence-corrected chi connectivity index (χ0v) is 16.2. The molecule has 150 valence electrons. The zero-order valence-electron chi connectivity index (χ0n) is 16.2. The van der Waals surface area contributed by atoms with Crippen molar-refractivity contribution in [1.82, 2.24) is 0 Å². The molecule has 0 spiro atoms. The van der Waals surface area contributed by atoms with E-state index in [1.165, 1.54) is 11.0 Å². The van der Waals surface area contributed by atoms with Gasteiger partial charge in [0.25, 0.3) is 0 Å². The summed E-state index contributed by atoms with van der Waals surface area (Å²) >= 11 is 0. The van der Waals surface area contributed by atoms with Gasteiger partial charge < -0.3 is 15.1 Å². The molecule has 2 aliphatic heterocycles. The average Bonchev–Trinajstić information content (AvgIpc) is 3.30. The number of halogens is 1. The lowest BCUT2D eigenvalue weighted by molar-refractivity contribution is -0.122. The first-order valence-corrected chi connectivity index (χ1v) is 9.70. The van der Waals surface area contributed by atoms with E-state index in [-0.39, 0.29) is 36.5 Å². The molecule has 0 aromatic heterocycles. The van der Waals surface area contributed by atoms with E-state index in [1.807, 2.05) is 6.07 Å². The fourth-order valence-corrected chi connectivity index (χ4v) is 3.80. The van der Waals surface area contributed by atoms with Crippen LogP contribution in [0.3, 0.4) is 0 Å². The highest BCUT2D eigenvalue weighted by molar-refractivity contribution is 6.04. The van der Waals surface area contributed by atoms with Gasteiger partial charge in [0.05, 0.1) is 5.92 Å². The second-order valence-corrected chi connectivity index (χ2v) is 7.53. The molecule has 3 amide bonds. The highest BCUT2D eigenvalue weighted by Gasteiger charge is 2.35. The number of nitrogens with zero attached hydrogens (tertiary/aromatic N) is 2. The Morgan fingerprint density at radius 1 is 1.07 bits per heavy atom. The molecular formula is C22H22FN3O3. The normalized spacial score (nSPS) is 19.2. The standard InChI is InChI=1S/C22H22FN3O3/c1-14-7-8-18(12-19(14)23)26-13-15(10-21(26)28)22(29)24-16-4-2-5-17(11-16)25-9-3-6-20(25)27/h2,4-5,7-8,11-12,15H,3,6,9-10,13H2,1H3,(H,24,29). The summed E-state index contributed by atoms with van der Waals surface area (Å²) in [6.07, 6.45) is 1.44. The maximum Gasteiger partial charge on any atom is 0.229 e. The number of nitrogens with one attached hydrogen (secondary N) is 1. The van der Waals surface area contributed by atoms with Crippen molar-refractivity contribution in [3.63, 3.8) is 0 Å². The van der Waals surface area contributed by atoms with Gasteiger partial charge in [-0.25, -0.2) is 4.39 Å². The van der Waals surface area contributed by atoms with E-state index in [4.69, 9.17) is 0 Å². The first-order valence-electron chi connectivity index (χ1n) is 9.70. The van der Waals surface area contributed by atoms with Gasteiger partial charge in [0.2, 0.25) is 17.7 Å². The van der Waals surface area contributed by atoms with E-state index in [9.17, 15) is 18.8 Å². The third-order valence-corrected chi connectivity index (χ3v) is 5.46. The lowest BCUT2D eigenvalue weighted by Crippen LogP contribution is -2.28. The van der Waals surface area contributed by atoms with Gasteiger partial charge in [0, 0.05) is 43.0 Å². The van der Waals surface area contributed by atoms with Gasteiger partial charge in [-0.15, -0.1) is 0 Å². The van der Waals surface area contributed by atoms with Crippen LogP contribution >= 0.6 is 0 Å². The van der Waals surface area contributed by atoms with Gasteiger partial charge in [-0.3, -0.25) is 14.4 Å². The highest BCUT2D eigenvalue weighted by Crippen LogP contribution is 2.28. The van der Waals surface area contributed by atoms with Crippen LogP contribution in [-0.2, 0) is 14.4 Å².